The highest BCUT2D eigenvalue weighted by Crippen LogP contribution is 2.24. The Bertz CT molecular complexity index is 426. The van der Waals surface area contributed by atoms with Crippen LogP contribution in [0.25, 0.3) is 0 Å². The Morgan fingerprint density at radius 1 is 1.43 bits per heavy atom. The lowest BCUT2D eigenvalue weighted by Gasteiger charge is -2.08. The predicted octanol–water partition coefficient (Wildman–Crippen LogP) is 0.297. The summed E-state index contributed by atoms with van der Waals surface area (Å²) in [6, 6.07) is 4.44. The Morgan fingerprint density at radius 2 is 2.07 bits per heavy atom. The topological polar surface area (TPSA) is 80.4 Å². The Labute approximate surface area is 83.3 Å². The molecule has 1 aromatic rings. The van der Waals surface area contributed by atoms with E-state index in [2.05, 4.69) is 0 Å². The van der Waals surface area contributed by atoms with Gasteiger partial charge >= 0.3 is 0 Å². The first-order valence-electron chi connectivity index (χ1n) is 4.18. The molecule has 0 amide bonds. The summed E-state index contributed by atoms with van der Waals surface area (Å²) in [5.74, 6) is -0.0154. The number of sulfone groups is 1. The lowest BCUT2D eigenvalue weighted by atomic mass is 10.1. The second kappa shape index (κ2) is 3.98. The van der Waals surface area contributed by atoms with Crippen LogP contribution in [0.4, 0.5) is 0 Å². The summed E-state index contributed by atoms with van der Waals surface area (Å²) in [6.45, 7) is 0.306. The number of aromatic hydroxyl groups is 1. The molecule has 0 aromatic heterocycles. The number of phenols is 1. The van der Waals surface area contributed by atoms with E-state index in [4.69, 9.17) is 5.73 Å². The van der Waals surface area contributed by atoms with Gasteiger partial charge in [0.15, 0.2) is 9.84 Å². The monoisotopic (exact) mass is 215 g/mol. The van der Waals surface area contributed by atoms with Crippen LogP contribution in [0, 0.1) is 0 Å². The van der Waals surface area contributed by atoms with Crippen LogP contribution in [-0.4, -0.2) is 26.3 Å². The van der Waals surface area contributed by atoms with Crippen LogP contribution < -0.4 is 5.73 Å². The van der Waals surface area contributed by atoms with Crippen LogP contribution in [0.3, 0.4) is 0 Å². The van der Waals surface area contributed by atoms with Gasteiger partial charge in [0, 0.05) is 11.8 Å². The van der Waals surface area contributed by atoms with Crippen LogP contribution in [0.2, 0.25) is 0 Å². The molecular weight excluding hydrogens is 202 g/mol. The van der Waals surface area contributed by atoms with Gasteiger partial charge in [0.25, 0.3) is 0 Å². The Hall–Kier alpha value is -1.07. The molecule has 14 heavy (non-hydrogen) atoms. The van der Waals surface area contributed by atoms with Crippen molar-refractivity contribution in [1.82, 2.24) is 0 Å². The highest BCUT2D eigenvalue weighted by Gasteiger charge is 2.15. The molecule has 78 valence electrons. The maximum absolute atomic E-state index is 11.3. The molecule has 1 rings (SSSR count). The zero-order valence-electron chi connectivity index (χ0n) is 7.90. The van der Waals surface area contributed by atoms with E-state index in [-0.39, 0.29) is 10.6 Å². The molecule has 0 spiro atoms. The summed E-state index contributed by atoms with van der Waals surface area (Å²) in [5, 5.41) is 9.47. The van der Waals surface area contributed by atoms with Crippen molar-refractivity contribution in [2.45, 2.75) is 11.3 Å². The van der Waals surface area contributed by atoms with Gasteiger partial charge in [-0.2, -0.15) is 0 Å². The summed E-state index contributed by atoms with van der Waals surface area (Å²) in [7, 11) is -3.29. The van der Waals surface area contributed by atoms with Crippen LogP contribution >= 0.6 is 0 Å². The van der Waals surface area contributed by atoms with Crippen molar-refractivity contribution in [3.05, 3.63) is 23.8 Å². The maximum atomic E-state index is 11.3. The lowest BCUT2D eigenvalue weighted by molar-refractivity contribution is 0.465. The second-order valence-corrected chi connectivity index (χ2v) is 5.05. The normalized spacial score (nSPS) is 11.6. The molecule has 1 aromatic carbocycles. The zero-order valence-corrected chi connectivity index (χ0v) is 8.71. The Kier molecular flexibility index (Phi) is 3.13. The van der Waals surface area contributed by atoms with Crippen LogP contribution in [-0.2, 0) is 16.3 Å². The zero-order chi connectivity index (χ0) is 10.8. The number of hydrogen-bond donors (Lipinski definition) is 2. The first kappa shape index (κ1) is 11.0. The first-order chi connectivity index (χ1) is 6.46. The van der Waals surface area contributed by atoms with Crippen molar-refractivity contribution < 1.29 is 13.5 Å². The molecule has 0 atom stereocenters. The lowest BCUT2D eigenvalue weighted by Crippen LogP contribution is -2.08. The van der Waals surface area contributed by atoms with E-state index in [1.165, 1.54) is 18.2 Å². The minimum absolute atomic E-state index is 0.0154. The van der Waals surface area contributed by atoms with Gasteiger partial charge in [-0.3, -0.25) is 0 Å². The highest BCUT2D eigenvalue weighted by molar-refractivity contribution is 7.90. The second-order valence-electron chi connectivity index (χ2n) is 3.06. The molecule has 0 aliphatic heterocycles. The van der Waals surface area contributed by atoms with E-state index >= 15 is 0 Å². The van der Waals surface area contributed by atoms with Gasteiger partial charge in [-0.1, -0.05) is 6.07 Å². The number of hydrogen-bond acceptors (Lipinski definition) is 4. The van der Waals surface area contributed by atoms with Gasteiger partial charge in [-0.15, -0.1) is 0 Å². The van der Waals surface area contributed by atoms with Gasteiger partial charge in [0.2, 0.25) is 0 Å². The average molecular weight is 215 g/mol. The fraction of sp³-hybridized carbons (Fsp3) is 0.333. The van der Waals surface area contributed by atoms with Crippen LogP contribution in [0.15, 0.2) is 23.1 Å². The van der Waals surface area contributed by atoms with Crippen LogP contribution in [0.1, 0.15) is 5.56 Å². The predicted molar refractivity (Wildman–Crippen MR) is 54.0 cm³/mol. The number of phenolic OH excluding ortho intramolecular Hbond substituents is 1. The van der Waals surface area contributed by atoms with Crippen molar-refractivity contribution in [3.8, 4) is 5.75 Å². The average Bonchev–Trinajstić information content (AvgIpc) is 2.07. The van der Waals surface area contributed by atoms with Gasteiger partial charge in [0.1, 0.15) is 5.75 Å². The van der Waals surface area contributed by atoms with Gasteiger partial charge in [-0.05, 0) is 25.1 Å². The Morgan fingerprint density at radius 3 is 2.57 bits per heavy atom. The van der Waals surface area contributed by atoms with E-state index < -0.39 is 9.84 Å². The van der Waals surface area contributed by atoms with Crippen molar-refractivity contribution in [2.24, 2.45) is 5.73 Å². The summed E-state index contributed by atoms with van der Waals surface area (Å²) >= 11 is 0. The third kappa shape index (κ3) is 2.24. The molecule has 0 radical (unpaired) electrons. The van der Waals surface area contributed by atoms with E-state index in [0.29, 0.717) is 18.5 Å². The molecule has 0 fully saturated rings. The smallest absolute Gasteiger partial charge is 0.175 e. The molecule has 5 heteroatoms. The van der Waals surface area contributed by atoms with Gasteiger partial charge in [0.05, 0.1) is 4.90 Å². The third-order valence-electron chi connectivity index (χ3n) is 1.90. The van der Waals surface area contributed by atoms with Gasteiger partial charge < -0.3 is 10.8 Å². The summed E-state index contributed by atoms with van der Waals surface area (Å²) < 4.78 is 22.7. The molecule has 0 heterocycles. The standard InChI is InChI=1S/C9H13NO3S/c1-14(12,13)9-4-2-3-8(11)7(9)5-6-10/h2-4,11H,5-6,10H2,1H3. The molecule has 4 nitrogen and oxygen atoms in total. The van der Waals surface area contributed by atoms with E-state index in [0.717, 1.165) is 6.26 Å². The molecule has 0 unspecified atom stereocenters. The largest absolute Gasteiger partial charge is 0.508 e. The molecule has 3 N–H and O–H groups in total. The molecule has 0 aliphatic rings. The molecule has 0 saturated heterocycles. The van der Waals surface area contributed by atoms with Crippen LogP contribution in [0.5, 0.6) is 5.75 Å². The molecule has 0 aliphatic carbocycles. The SMILES string of the molecule is CS(=O)(=O)c1cccc(O)c1CCN. The van der Waals surface area contributed by atoms with E-state index in [9.17, 15) is 13.5 Å². The minimum Gasteiger partial charge on any atom is -0.508 e. The van der Waals surface area contributed by atoms with Crippen molar-refractivity contribution in [1.29, 1.82) is 0 Å². The van der Waals surface area contributed by atoms with Gasteiger partial charge in [-0.25, -0.2) is 8.42 Å². The quantitative estimate of drug-likeness (QED) is 0.759. The Balaban J connectivity index is 3.36. The summed E-state index contributed by atoms with van der Waals surface area (Å²) in [6.07, 6.45) is 1.47. The van der Waals surface area contributed by atoms with Crippen molar-refractivity contribution in [3.63, 3.8) is 0 Å². The summed E-state index contributed by atoms with van der Waals surface area (Å²) in [5.41, 5.74) is 5.74. The third-order valence-corrected chi connectivity index (χ3v) is 3.08. The van der Waals surface area contributed by atoms with E-state index in [1.807, 2.05) is 0 Å². The highest BCUT2D eigenvalue weighted by atomic mass is 32.2. The molecule has 0 saturated carbocycles. The minimum atomic E-state index is -3.29. The van der Waals surface area contributed by atoms with Crippen molar-refractivity contribution >= 4 is 9.84 Å². The molecular formula is C9H13NO3S. The number of rotatable bonds is 3. The number of nitrogens with two attached hydrogens (primary N) is 1. The first-order valence-corrected chi connectivity index (χ1v) is 6.07. The summed E-state index contributed by atoms with van der Waals surface area (Å²) in [4.78, 5) is 0.156. The molecule has 0 bridgehead atoms. The van der Waals surface area contributed by atoms with E-state index in [1.54, 1.807) is 0 Å². The fourth-order valence-electron chi connectivity index (χ4n) is 1.30. The maximum Gasteiger partial charge on any atom is 0.175 e. The number of benzene rings is 1. The fourth-order valence-corrected chi connectivity index (χ4v) is 2.28. The van der Waals surface area contributed by atoms with Crippen molar-refractivity contribution in [2.75, 3.05) is 12.8 Å².